The first kappa shape index (κ1) is 16.7. The Kier molecular flexibility index (Phi) is 4.80. The predicted molar refractivity (Wildman–Crippen MR) is 90.3 cm³/mol. The number of carbonyl (C=O) groups is 1. The zero-order valence-electron chi connectivity index (χ0n) is 13.4. The smallest absolute Gasteiger partial charge is 0.321 e. The maximum Gasteiger partial charge on any atom is 0.321 e. The van der Waals surface area contributed by atoms with Gasteiger partial charge in [-0.3, -0.25) is 0 Å². The molecule has 5 nitrogen and oxygen atoms in total. The highest BCUT2D eigenvalue weighted by atomic mass is 19.2. The Hall–Kier alpha value is -3.14. The van der Waals surface area contributed by atoms with Gasteiger partial charge in [0.2, 0.25) is 0 Å². The second-order valence-electron chi connectivity index (χ2n) is 5.69. The van der Waals surface area contributed by atoms with E-state index in [9.17, 15) is 13.6 Å². The number of nitrogens with one attached hydrogen (secondary N) is 1. The summed E-state index contributed by atoms with van der Waals surface area (Å²) >= 11 is 0. The van der Waals surface area contributed by atoms with Gasteiger partial charge in [0.15, 0.2) is 11.6 Å². The average Bonchev–Trinajstić information content (AvgIpc) is 2.65. The molecule has 0 bridgehead atoms. The monoisotopic (exact) mass is 342 g/mol. The number of amides is 2. The molecule has 7 heteroatoms. The third kappa shape index (κ3) is 3.86. The van der Waals surface area contributed by atoms with Crippen molar-refractivity contribution >= 4 is 17.4 Å². The minimum atomic E-state index is -0.876. The Labute approximate surface area is 144 Å². The molecule has 1 saturated heterocycles. The molecular weight excluding hydrogens is 326 g/mol. The molecule has 0 unspecified atom stereocenters. The average molecular weight is 342 g/mol. The maximum absolute atomic E-state index is 13.3. The number of anilines is 2. The Morgan fingerprint density at radius 3 is 2.28 bits per heavy atom. The molecule has 1 N–H and O–H groups in total. The van der Waals surface area contributed by atoms with Crippen LogP contribution in [0.3, 0.4) is 0 Å². The highest BCUT2D eigenvalue weighted by Gasteiger charge is 2.22. The molecule has 2 aromatic carbocycles. The van der Waals surface area contributed by atoms with E-state index in [1.807, 2.05) is 11.0 Å². The standard InChI is InChI=1S/C18H16F2N4O/c19-16-6-5-15(11-17(16)20)23-7-9-24(10-8-23)18(25)22-14-3-1-13(12-21)2-4-14/h1-6,11H,7-10H2,(H,22,25). The molecule has 0 aliphatic carbocycles. The van der Waals surface area contributed by atoms with Crippen LogP contribution in [0.1, 0.15) is 5.56 Å². The zero-order chi connectivity index (χ0) is 17.8. The van der Waals surface area contributed by atoms with Gasteiger partial charge in [-0.2, -0.15) is 5.26 Å². The van der Waals surface area contributed by atoms with E-state index in [0.717, 1.165) is 6.07 Å². The SMILES string of the molecule is N#Cc1ccc(NC(=O)N2CCN(c3ccc(F)c(F)c3)CC2)cc1. The lowest BCUT2D eigenvalue weighted by Crippen LogP contribution is -2.50. The zero-order valence-corrected chi connectivity index (χ0v) is 13.4. The van der Waals surface area contributed by atoms with Gasteiger partial charge in [-0.05, 0) is 36.4 Å². The molecule has 2 amide bonds. The topological polar surface area (TPSA) is 59.4 Å². The van der Waals surface area contributed by atoms with Gasteiger partial charge in [0.25, 0.3) is 0 Å². The summed E-state index contributed by atoms with van der Waals surface area (Å²) in [4.78, 5) is 15.9. The van der Waals surface area contributed by atoms with Crippen LogP contribution in [0, 0.1) is 23.0 Å². The van der Waals surface area contributed by atoms with Crippen LogP contribution >= 0.6 is 0 Å². The molecule has 0 aromatic heterocycles. The Balaban J connectivity index is 1.56. The molecule has 2 aromatic rings. The van der Waals surface area contributed by atoms with E-state index >= 15 is 0 Å². The Morgan fingerprint density at radius 2 is 1.68 bits per heavy atom. The van der Waals surface area contributed by atoms with Crippen molar-refractivity contribution in [3.05, 3.63) is 59.7 Å². The fourth-order valence-corrected chi connectivity index (χ4v) is 2.68. The summed E-state index contributed by atoms with van der Waals surface area (Å²) < 4.78 is 26.4. The van der Waals surface area contributed by atoms with Crippen LogP contribution in [0.5, 0.6) is 0 Å². The molecule has 1 aliphatic rings. The Morgan fingerprint density at radius 1 is 1.00 bits per heavy atom. The van der Waals surface area contributed by atoms with Crippen LogP contribution < -0.4 is 10.2 Å². The number of hydrogen-bond donors (Lipinski definition) is 1. The molecule has 0 saturated carbocycles. The predicted octanol–water partition coefficient (Wildman–Crippen LogP) is 3.19. The van der Waals surface area contributed by atoms with Gasteiger partial charge in [0, 0.05) is 43.6 Å². The number of rotatable bonds is 2. The number of nitrogens with zero attached hydrogens (tertiary/aromatic N) is 3. The van der Waals surface area contributed by atoms with E-state index in [0.29, 0.717) is 43.1 Å². The van der Waals surface area contributed by atoms with Gasteiger partial charge >= 0.3 is 6.03 Å². The molecule has 128 valence electrons. The van der Waals surface area contributed by atoms with Gasteiger partial charge in [0.05, 0.1) is 11.6 Å². The van der Waals surface area contributed by atoms with Crippen LogP contribution in [0.4, 0.5) is 25.0 Å². The van der Waals surface area contributed by atoms with Gasteiger partial charge < -0.3 is 15.1 Å². The van der Waals surface area contributed by atoms with Crippen molar-refractivity contribution < 1.29 is 13.6 Å². The number of hydrogen-bond acceptors (Lipinski definition) is 3. The van der Waals surface area contributed by atoms with Crippen molar-refractivity contribution in [3.63, 3.8) is 0 Å². The van der Waals surface area contributed by atoms with E-state index in [-0.39, 0.29) is 6.03 Å². The normalized spacial score (nSPS) is 14.1. The number of urea groups is 1. The number of benzene rings is 2. The summed E-state index contributed by atoms with van der Waals surface area (Å²) in [5, 5.41) is 11.6. The van der Waals surface area contributed by atoms with Gasteiger partial charge in [0.1, 0.15) is 0 Å². The third-order valence-electron chi connectivity index (χ3n) is 4.10. The largest absolute Gasteiger partial charge is 0.368 e. The van der Waals surface area contributed by atoms with Crippen molar-refractivity contribution in [2.45, 2.75) is 0 Å². The molecule has 1 aliphatic heterocycles. The first-order valence-corrected chi connectivity index (χ1v) is 7.83. The number of nitriles is 1. The molecule has 0 spiro atoms. The fraction of sp³-hybridized carbons (Fsp3) is 0.222. The maximum atomic E-state index is 13.3. The minimum Gasteiger partial charge on any atom is -0.368 e. The molecule has 0 radical (unpaired) electrons. The first-order chi connectivity index (χ1) is 12.1. The molecule has 25 heavy (non-hydrogen) atoms. The molecule has 1 heterocycles. The lowest BCUT2D eigenvalue weighted by molar-refractivity contribution is 0.208. The van der Waals surface area contributed by atoms with Crippen LogP contribution in [-0.4, -0.2) is 37.1 Å². The quantitative estimate of drug-likeness (QED) is 0.912. The van der Waals surface area contributed by atoms with Crippen LogP contribution in [0.15, 0.2) is 42.5 Å². The van der Waals surface area contributed by atoms with E-state index in [2.05, 4.69) is 5.32 Å². The van der Waals surface area contributed by atoms with Crippen molar-refractivity contribution in [2.24, 2.45) is 0 Å². The minimum absolute atomic E-state index is 0.227. The molecular formula is C18H16F2N4O. The van der Waals surface area contributed by atoms with Crippen molar-refractivity contribution in [1.82, 2.24) is 4.90 Å². The number of piperazine rings is 1. The third-order valence-corrected chi connectivity index (χ3v) is 4.10. The second-order valence-corrected chi connectivity index (χ2v) is 5.69. The summed E-state index contributed by atoms with van der Waals surface area (Å²) in [5.41, 5.74) is 1.75. The van der Waals surface area contributed by atoms with E-state index < -0.39 is 11.6 Å². The fourth-order valence-electron chi connectivity index (χ4n) is 2.68. The number of carbonyl (C=O) groups excluding carboxylic acids is 1. The van der Waals surface area contributed by atoms with E-state index in [1.165, 1.54) is 12.1 Å². The van der Waals surface area contributed by atoms with E-state index in [1.54, 1.807) is 29.2 Å². The summed E-state index contributed by atoms with van der Waals surface area (Å²) in [6, 6.07) is 12.2. The highest BCUT2D eigenvalue weighted by molar-refractivity contribution is 5.89. The summed E-state index contributed by atoms with van der Waals surface area (Å²) in [7, 11) is 0. The van der Waals surface area contributed by atoms with Gasteiger partial charge in [-0.1, -0.05) is 0 Å². The summed E-state index contributed by atoms with van der Waals surface area (Å²) in [6.45, 7) is 2.01. The van der Waals surface area contributed by atoms with Crippen LogP contribution in [0.2, 0.25) is 0 Å². The molecule has 3 rings (SSSR count). The summed E-state index contributed by atoms with van der Waals surface area (Å²) in [6.07, 6.45) is 0. The highest BCUT2D eigenvalue weighted by Crippen LogP contribution is 2.20. The first-order valence-electron chi connectivity index (χ1n) is 7.83. The summed E-state index contributed by atoms with van der Waals surface area (Å²) in [5.74, 6) is -1.75. The second kappa shape index (κ2) is 7.18. The lowest BCUT2D eigenvalue weighted by Gasteiger charge is -2.36. The molecule has 1 fully saturated rings. The Bertz CT molecular complexity index is 809. The number of halogens is 2. The van der Waals surface area contributed by atoms with Crippen molar-refractivity contribution in [1.29, 1.82) is 5.26 Å². The lowest BCUT2D eigenvalue weighted by atomic mass is 10.2. The van der Waals surface area contributed by atoms with Crippen molar-refractivity contribution in [2.75, 3.05) is 36.4 Å². The van der Waals surface area contributed by atoms with Crippen LogP contribution in [0.25, 0.3) is 0 Å². The van der Waals surface area contributed by atoms with Crippen LogP contribution in [-0.2, 0) is 0 Å². The van der Waals surface area contributed by atoms with Gasteiger partial charge in [-0.15, -0.1) is 0 Å². The molecule has 0 atom stereocenters. The van der Waals surface area contributed by atoms with E-state index in [4.69, 9.17) is 5.26 Å². The van der Waals surface area contributed by atoms with Crippen molar-refractivity contribution in [3.8, 4) is 6.07 Å². The van der Waals surface area contributed by atoms with Gasteiger partial charge in [-0.25, -0.2) is 13.6 Å².